The smallest absolute Gasteiger partial charge is 0.252 e. The lowest BCUT2D eigenvalue weighted by molar-refractivity contribution is -0.113. The molecule has 2 heterocycles. The van der Waals surface area contributed by atoms with E-state index in [1.165, 1.54) is 42.1 Å². The van der Waals surface area contributed by atoms with Crippen LogP contribution >= 0.6 is 11.8 Å². The van der Waals surface area contributed by atoms with Crippen LogP contribution in [0.3, 0.4) is 0 Å². The van der Waals surface area contributed by atoms with Crippen LogP contribution in [0.2, 0.25) is 0 Å². The summed E-state index contributed by atoms with van der Waals surface area (Å²) in [5.41, 5.74) is 1.09. The van der Waals surface area contributed by atoms with Gasteiger partial charge in [0, 0.05) is 17.4 Å². The first-order valence-corrected chi connectivity index (χ1v) is 8.71. The number of halogens is 1. The molecule has 3 aromatic rings. The van der Waals surface area contributed by atoms with Crippen molar-refractivity contribution in [2.24, 2.45) is 0 Å². The van der Waals surface area contributed by atoms with E-state index in [4.69, 9.17) is 0 Å². The fourth-order valence-corrected chi connectivity index (χ4v) is 3.13. The summed E-state index contributed by atoms with van der Waals surface area (Å²) in [5, 5.41) is 11.2. The summed E-state index contributed by atoms with van der Waals surface area (Å²) in [7, 11) is 0. The summed E-state index contributed by atoms with van der Waals surface area (Å²) in [5.74, 6) is -0.130. The molecule has 0 aliphatic carbocycles. The average Bonchev–Trinajstić information content (AvgIpc) is 2.98. The Kier molecular flexibility index (Phi) is 5.13. The number of rotatable bonds is 6. The minimum atomic E-state index is -0.361. The van der Waals surface area contributed by atoms with Gasteiger partial charge in [0.05, 0.1) is 5.75 Å². The van der Waals surface area contributed by atoms with E-state index in [-0.39, 0.29) is 23.0 Å². The van der Waals surface area contributed by atoms with Crippen molar-refractivity contribution in [3.63, 3.8) is 0 Å². The van der Waals surface area contributed by atoms with Crippen molar-refractivity contribution in [1.82, 2.24) is 19.6 Å². The topological polar surface area (TPSA) is 92.2 Å². The van der Waals surface area contributed by atoms with Gasteiger partial charge in [-0.05, 0) is 30.7 Å². The van der Waals surface area contributed by atoms with E-state index in [9.17, 15) is 14.0 Å². The Morgan fingerprint density at radius 3 is 2.80 bits per heavy atom. The number of fused-ring (bicyclic) bond motifs is 1. The summed E-state index contributed by atoms with van der Waals surface area (Å²) >= 11 is 1.21. The van der Waals surface area contributed by atoms with Crippen molar-refractivity contribution in [3.05, 3.63) is 52.2 Å². The molecule has 0 aliphatic rings. The molecular formula is C16H16FN5O2S. The van der Waals surface area contributed by atoms with Gasteiger partial charge in [-0.3, -0.25) is 19.0 Å². The molecule has 1 amide bonds. The molecule has 25 heavy (non-hydrogen) atoms. The quantitative estimate of drug-likeness (QED) is 0.657. The standard InChI is InChI=1S/C16H16FN5O2S/c1-2-3-12-8-13(23)19-15-20-21-16(22(12)15)25-9-14(24)18-11-6-4-10(17)5-7-11/h4-8H,2-3,9H2,1H3,(H,18,24)(H,19,20,23). The predicted molar refractivity (Wildman–Crippen MR) is 93.4 cm³/mol. The van der Waals surface area contributed by atoms with Crippen LogP contribution in [-0.4, -0.2) is 31.2 Å². The van der Waals surface area contributed by atoms with Gasteiger partial charge in [-0.1, -0.05) is 25.1 Å². The van der Waals surface area contributed by atoms with Gasteiger partial charge >= 0.3 is 0 Å². The van der Waals surface area contributed by atoms with Crippen molar-refractivity contribution >= 4 is 29.1 Å². The van der Waals surface area contributed by atoms with Crippen LogP contribution in [0.5, 0.6) is 0 Å². The monoisotopic (exact) mass is 361 g/mol. The molecule has 0 spiro atoms. The number of aryl methyl sites for hydroxylation is 1. The third-order valence-corrected chi connectivity index (χ3v) is 4.35. The van der Waals surface area contributed by atoms with Crippen LogP contribution in [-0.2, 0) is 11.2 Å². The number of benzene rings is 1. The Morgan fingerprint density at radius 1 is 1.32 bits per heavy atom. The summed E-state index contributed by atoms with van der Waals surface area (Å²) in [6.07, 6.45) is 1.57. The Balaban J connectivity index is 1.73. The van der Waals surface area contributed by atoms with E-state index in [2.05, 4.69) is 20.5 Å². The fourth-order valence-electron chi connectivity index (χ4n) is 2.37. The number of hydrogen-bond acceptors (Lipinski definition) is 5. The van der Waals surface area contributed by atoms with Crippen molar-refractivity contribution in [2.75, 3.05) is 11.1 Å². The van der Waals surface area contributed by atoms with Crippen LogP contribution in [0.1, 0.15) is 19.0 Å². The Labute approximate surface area is 146 Å². The number of thioether (sulfide) groups is 1. The fraction of sp³-hybridized carbons (Fsp3) is 0.250. The molecule has 7 nitrogen and oxygen atoms in total. The zero-order chi connectivity index (χ0) is 17.8. The molecule has 0 atom stereocenters. The summed E-state index contributed by atoms with van der Waals surface area (Å²) < 4.78 is 14.6. The number of carbonyl (C=O) groups excluding carboxylic acids is 1. The van der Waals surface area contributed by atoms with Gasteiger partial charge in [-0.2, -0.15) is 0 Å². The number of aromatic nitrogens is 4. The van der Waals surface area contributed by atoms with E-state index < -0.39 is 0 Å². The number of amides is 1. The number of aromatic amines is 1. The van der Waals surface area contributed by atoms with Crippen LogP contribution in [0.4, 0.5) is 10.1 Å². The Hall–Kier alpha value is -2.68. The van der Waals surface area contributed by atoms with E-state index in [0.717, 1.165) is 12.1 Å². The molecule has 0 saturated heterocycles. The van der Waals surface area contributed by atoms with E-state index in [1.807, 2.05) is 6.92 Å². The number of carbonyl (C=O) groups is 1. The average molecular weight is 361 g/mol. The lowest BCUT2D eigenvalue weighted by atomic mass is 10.2. The highest BCUT2D eigenvalue weighted by molar-refractivity contribution is 7.99. The molecular weight excluding hydrogens is 345 g/mol. The number of nitrogens with one attached hydrogen (secondary N) is 2. The highest BCUT2D eigenvalue weighted by atomic mass is 32.2. The molecule has 130 valence electrons. The van der Waals surface area contributed by atoms with E-state index in [1.54, 1.807) is 4.40 Å². The molecule has 9 heteroatoms. The Bertz CT molecular complexity index is 951. The minimum Gasteiger partial charge on any atom is -0.325 e. The maximum absolute atomic E-state index is 12.9. The summed E-state index contributed by atoms with van der Waals surface area (Å²) in [4.78, 5) is 26.3. The lowest BCUT2D eigenvalue weighted by Gasteiger charge is -2.06. The van der Waals surface area contributed by atoms with Crippen LogP contribution in [0.25, 0.3) is 5.78 Å². The second-order valence-corrected chi connectivity index (χ2v) is 6.30. The SMILES string of the molecule is CCCc1cc(=O)[nH]c2nnc(SCC(=O)Nc3ccc(F)cc3)n12. The Morgan fingerprint density at radius 2 is 2.08 bits per heavy atom. The molecule has 2 aromatic heterocycles. The van der Waals surface area contributed by atoms with Gasteiger partial charge in [0.15, 0.2) is 5.16 Å². The normalized spacial score (nSPS) is 11.0. The first-order chi connectivity index (χ1) is 12.1. The molecule has 1 aromatic carbocycles. The van der Waals surface area contributed by atoms with Crippen molar-refractivity contribution in [2.45, 2.75) is 24.9 Å². The highest BCUT2D eigenvalue weighted by Gasteiger charge is 2.13. The minimum absolute atomic E-state index is 0.114. The summed E-state index contributed by atoms with van der Waals surface area (Å²) in [6.45, 7) is 2.01. The van der Waals surface area contributed by atoms with Crippen LogP contribution in [0, 0.1) is 5.82 Å². The first-order valence-electron chi connectivity index (χ1n) is 7.72. The highest BCUT2D eigenvalue weighted by Crippen LogP contribution is 2.18. The first kappa shape index (κ1) is 17.2. The van der Waals surface area contributed by atoms with Gasteiger partial charge < -0.3 is 5.32 Å². The van der Waals surface area contributed by atoms with E-state index >= 15 is 0 Å². The number of H-pyrrole nitrogens is 1. The molecule has 0 fully saturated rings. The third kappa shape index (κ3) is 4.05. The second kappa shape index (κ2) is 7.47. The van der Waals surface area contributed by atoms with Gasteiger partial charge in [-0.25, -0.2) is 4.39 Å². The molecule has 0 unspecified atom stereocenters. The van der Waals surface area contributed by atoms with Gasteiger partial charge in [0.25, 0.3) is 5.56 Å². The van der Waals surface area contributed by atoms with Crippen LogP contribution < -0.4 is 10.9 Å². The van der Waals surface area contributed by atoms with Crippen molar-refractivity contribution in [1.29, 1.82) is 0 Å². The van der Waals surface area contributed by atoms with Gasteiger partial charge in [0.1, 0.15) is 5.82 Å². The molecule has 0 bridgehead atoms. The molecule has 0 radical (unpaired) electrons. The predicted octanol–water partition coefficient (Wildman–Crippen LogP) is 2.24. The largest absolute Gasteiger partial charge is 0.325 e. The zero-order valence-corrected chi connectivity index (χ0v) is 14.3. The third-order valence-electron chi connectivity index (χ3n) is 3.42. The van der Waals surface area contributed by atoms with Crippen molar-refractivity contribution < 1.29 is 9.18 Å². The van der Waals surface area contributed by atoms with Crippen LogP contribution in [0.15, 0.2) is 40.3 Å². The maximum Gasteiger partial charge on any atom is 0.252 e. The number of nitrogens with zero attached hydrogens (tertiary/aromatic N) is 3. The van der Waals surface area contributed by atoms with Gasteiger partial charge in [0.2, 0.25) is 11.7 Å². The molecule has 3 rings (SSSR count). The molecule has 0 saturated carbocycles. The van der Waals surface area contributed by atoms with E-state index in [0.29, 0.717) is 23.0 Å². The summed E-state index contributed by atoms with van der Waals surface area (Å²) in [6, 6.07) is 7.07. The maximum atomic E-state index is 12.9. The number of anilines is 1. The second-order valence-electron chi connectivity index (χ2n) is 5.36. The van der Waals surface area contributed by atoms with Crippen molar-refractivity contribution in [3.8, 4) is 0 Å². The van der Waals surface area contributed by atoms with Gasteiger partial charge in [-0.15, -0.1) is 10.2 Å². The molecule has 2 N–H and O–H groups in total. The molecule has 0 aliphatic heterocycles. The lowest BCUT2D eigenvalue weighted by Crippen LogP contribution is -2.15. The zero-order valence-electron chi connectivity index (χ0n) is 13.5. The number of hydrogen-bond donors (Lipinski definition) is 2.